The molecule has 228 valence electrons. The molecule has 0 radical (unpaired) electrons. The van der Waals surface area contributed by atoms with Crippen molar-refractivity contribution in [3.8, 4) is 0 Å². The van der Waals surface area contributed by atoms with Crippen molar-refractivity contribution in [2.75, 3.05) is 13.1 Å². The number of piperazine rings is 1. The summed E-state index contributed by atoms with van der Waals surface area (Å²) in [5.41, 5.74) is 12.8. The molecule has 3 saturated heterocycles. The van der Waals surface area contributed by atoms with Crippen LogP contribution in [0.25, 0.3) is 0 Å². The number of nitrogens with two attached hydrogens (primary N) is 2. The molecule has 4 rings (SSSR count). The van der Waals surface area contributed by atoms with Crippen LogP contribution in [0.5, 0.6) is 0 Å². The van der Waals surface area contributed by atoms with E-state index in [4.69, 9.17) is 11.5 Å². The van der Waals surface area contributed by atoms with Crippen molar-refractivity contribution in [2.24, 2.45) is 11.5 Å². The number of rotatable bonds is 8. The summed E-state index contributed by atoms with van der Waals surface area (Å²) in [6.45, 7) is 5.61. The van der Waals surface area contributed by atoms with Gasteiger partial charge in [0.05, 0.1) is 18.3 Å². The van der Waals surface area contributed by atoms with Gasteiger partial charge in [0, 0.05) is 39.0 Å². The summed E-state index contributed by atoms with van der Waals surface area (Å²) in [4.78, 5) is 79.5. The van der Waals surface area contributed by atoms with Crippen LogP contribution in [-0.4, -0.2) is 77.5 Å². The molecule has 3 aliphatic heterocycles. The minimum absolute atomic E-state index is 0.0442. The van der Waals surface area contributed by atoms with E-state index in [1.54, 1.807) is 12.1 Å². The summed E-state index contributed by atoms with van der Waals surface area (Å²) in [5.74, 6) is -2.86. The Morgan fingerprint density at radius 1 is 0.976 bits per heavy atom. The Morgan fingerprint density at radius 2 is 1.67 bits per heavy atom. The number of hydrogen-bond donors (Lipinski definition) is 7. The summed E-state index contributed by atoms with van der Waals surface area (Å²) < 4.78 is 0. The summed E-state index contributed by atoms with van der Waals surface area (Å²) in [6, 6.07) is 3.07. The molecule has 4 atom stereocenters. The molecule has 3 aliphatic rings. The maximum atomic E-state index is 13.6. The molecule has 5 amide bonds. The first-order valence-electron chi connectivity index (χ1n) is 13.9. The zero-order valence-corrected chi connectivity index (χ0v) is 23.7. The number of carbonyl (C=O) groups excluding carboxylic acids is 6. The number of carbonyl (C=O) groups is 6. The molecule has 1 aromatic rings. The summed E-state index contributed by atoms with van der Waals surface area (Å²) in [6.07, 6.45) is -0.0519. The van der Waals surface area contributed by atoms with Gasteiger partial charge in [-0.25, -0.2) is 0 Å². The van der Waals surface area contributed by atoms with Crippen molar-refractivity contribution in [3.05, 3.63) is 47.8 Å². The van der Waals surface area contributed by atoms with Crippen molar-refractivity contribution in [1.82, 2.24) is 31.5 Å². The molecular weight excluding hydrogens is 544 g/mol. The average Bonchev–Trinajstić information content (AvgIpc) is 2.95. The largest absolute Gasteiger partial charge is 0.386 e. The fourth-order valence-electron chi connectivity index (χ4n) is 4.78. The van der Waals surface area contributed by atoms with Gasteiger partial charge in [0.25, 0.3) is 0 Å². The van der Waals surface area contributed by atoms with Crippen LogP contribution < -0.4 is 38.1 Å². The number of fused-ring (bicyclic) bond motifs is 14. The van der Waals surface area contributed by atoms with E-state index >= 15 is 0 Å². The molecule has 0 spiro atoms. The molecule has 14 nitrogen and oxygen atoms in total. The lowest BCUT2D eigenvalue weighted by Gasteiger charge is -2.39. The van der Waals surface area contributed by atoms with E-state index in [1.807, 2.05) is 12.1 Å². The lowest BCUT2D eigenvalue weighted by molar-refractivity contribution is -0.151. The Hall–Kier alpha value is -4.46. The van der Waals surface area contributed by atoms with E-state index < -0.39 is 60.1 Å². The van der Waals surface area contributed by atoms with E-state index in [1.165, 1.54) is 11.8 Å². The highest BCUT2D eigenvalue weighted by molar-refractivity contribution is 6.00. The second-order valence-electron chi connectivity index (χ2n) is 10.5. The van der Waals surface area contributed by atoms with Crippen molar-refractivity contribution in [3.63, 3.8) is 0 Å². The molecule has 0 unspecified atom stereocenters. The minimum Gasteiger partial charge on any atom is -0.386 e. The lowest BCUT2D eigenvalue weighted by atomic mass is 10.00. The van der Waals surface area contributed by atoms with Crippen LogP contribution in [0.1, 0.15) is 50.2 Å². The molecule has 0 aromatic heterocycles. The molecule has 2 bridgehead atoms. The van der Waals surface area contributed by atoms with Crippen molar-refractivity contribution in [1.29, 1.82) is 0 Å². The first-order valence-corrected chi connectivity index (χ1v) is 13.9. The van der Waals surface area contributed by atoms with Crippen LogP contribution in [0.2, 0.25) is 0 Å². The van der Waals surface area contributed by atoms with Crippen molar-refractivity contribution in [2.45, 2.75) is 76.3 Å². The van der Waals surface area contributed by atoms with Gasteiger partial charge in [-0.3, -0.25) is 28.8 Å². The maximum Gasteiger partial charge on any atom is 0.246 e. The molecule has 1 aromatic carbocycles. The third-order valence-corrected chi connectivity index (χ3v) is 7.16. The molecule has 3 fully saturated rings. The van der Waals surface area contributed by atoms with Gasteiger partial charge >= 0.3 is 0 Å². The van der Waals surface area contributed by atoms with Gasteiger partial charge in [-0.1, -0.05) is 30.8 Å². The number of nitrogens with zero attached hydrogens (tertiary/aromatic N) is 1. The number of amides is 5. The second-order valence-corrected chi connectivity index (χ2v) is 10.5. The second kappa shape index (κ2) is 15.0. The Morgan fingerprint density at radius 3 is 2.33 bits per heavy atom. The number of ketones is 1. The van der Waals surface area contributed by atoms with Gasteiger partial charge in [0.1, 0.15) is 18.1 Å². The summed E-state index contributed by atoms with van der Waals surface area (Å²) >= 11 is 0. The van der Waals surface area contributed by atoms with E-state index in [-0.39, 0.29) is 44.0 Å². The predicted octanol–water partition coefficient (Wildman–Crippen LogP) is -2.00. The maximum absolute atomic E-state index is 13.6. The number of hydrogen-bond acceptors (Lipinski definition) is 9. The van der Waals surface area contributed by atoms with Gasteiger partial charge in [-0.15, -0.1) is 0 Å². The first kappa shape index (κ1) is 32.1. The SMILES string of the molecule is C=C(N)NCCC[C@@H]1NC(=O)C[C@H]2NC(=O)[C@H](CNC(=O)[C@H](C)NC(=O)CCC1=O)N(Cc1ccc(CN)cc1)C2=O. The standard InChI is InChI=1S/C28H40N8O6/c1-16-26(40)32-14-22-27(41)35-21(28(42)36(22)15-19-7-5-18(13-29)6-8-19)12-25(39)34-20(4-3-11-31-17(2)30)23(37)9-10-24(38)33-16/h5-8,16,20-22,31H,2-4,9-15,29-30H2,1H3,(H,32,40)(H,33,38)(H,34,39)(H,35,41)/t16-,20-,21+,22-/m0/s1. The first-order chi connectivity index (χ1) is 20.0. The normalized spacial score (nSPS) is 24.3. The number of nitrogens with one attached hydrogen (secondary N) is 5. The van der Waals surface area contributed by atoms with Gasteiger partial charge in [-0.2, -0.15) is 0 Å². The quantitative estimate of drug-likeness (QED) is 0.168. The Bertz CT molecular complexity index is 1200. The van der Waals surface area contributed by atoms with Crippen LogP contribution in [0, 0.1) is 0 Å². The zero-order chi connectivity index (χ0) is 30.8. The van der Waals surface area contributed by atoms with Gasteiger partial charge in [-0.05, 0) is 30.9 Å². The Labute approximate surface area is 244 Å². The fourth-order valence-corrected chi connectivity index (χ4v) is 4.78. The van der Waals surface area contributed by atoms with Gasteiger partial charge in [0.2, 0.25) is 29.5 Å². The highest BCUT2D eigenvalue weighted by Gasteiger charge is 2.42. The summed E-state index contributed by atoms with van der Waals surface area (Å²) in [5, 5.41) is 13.3. The van der Waals surface area contributed by atoms with Gasteiger partial charge in [0.15, 0.2) is 5.78 Å². The zero-order valence-electron chi connectivity index (χ0n) is 23.7. The third-order valence-electron chi connectivity index (χ3n) is 7.16. The minimum atomic E-state index is -1.18. The highest BCUT2D eigenvalue weighted by atomic mass is 16.2. The molecular formula is C28H40N8O6. The smallest absolute Gasteiger partial charge is 0.246 e. The third kappa shape index (κ3) is 9.03. The average molecular weight is 585 g/mol. The van der Waals surface area contributed by atoms with E-state index in [0.717, 1.165) is 11.1 Å². The number of benzene rings is 1. The monoisotopic (exact) mass is 584 g/mol. The fraction of sp³-hybridized carbons (Fsp3) is 0.500. The molecule has 42 heavy (non-hydrogen) atoms. The Kier molecular flexibility index (Phi) is 11.4. The van der Waals surface area contributed by atoms with E-state index in [2.05, 4.69) is 33.2 Å². The topological polar surface area (TPSA) is 218 Å². The van der Waals surface area contributed by atoms with E-state index in [0.29, 0.717) is 19.5 Å². The predicted molar refractivity (Wildman–Crippen MR) is 153 cm³/mol. The molecule has 14 heteroatoms. The summed E-state index contributed by atoms with van der Waals surface area (Å²) in [7, 11) is 0. The van der Waals surface area contributed by atoms with E-state index in [9.17, 15) is 28.8 Å². The lowest BCUT2D eigenvalue weighted by Crippen LogP contribution is -2.66. The Balaban J connectivity index is 1.86. The highest BCUT2D eigenvalue weighted by Crippen LogP contribution is 2.18. The van der Waals surface area contributed by atoms with Crippen LogP contribution in [0.3, 0.4) is 0 Å². The molecule has 9 N–H and O–H groups in total. The van der Waals surface area contributed by atoms with Crippen LogP contribution in [0.15, 0.2) is 36.7 Å². The molecule has 0 aliphatic carbocycles. The van der Waals surface area contributed by atoms with Gasteiger partial charge < -0.3 is 43.0 Å². The molecule has 0 saturated carbocycles. The van der Waals surface area contributed by atoms with Crippen LogP contribution in [-0.2, 0) is 41.9 Å². The van der Waals surface area contributed by atoms with Crippen molar-refractivity contribution >= 4 is 35.3 Å². The molecule has 3 heterocycles. The number of Topliss-reactive ketones (excluding diaryl/α,β-unsaturated/α-hetero) is 1. The van der Waals surface area contributed by atoms with Crippen LogP contribution >= 0.6 is 0 Å². The van der Waals surface area contributed by atoms with Crippen molar-refractivity contribution < 1.29 is 28.8 Å². The van der Waals surface area contributed by atoms with Crippen LogP contribution in [0.4, 0.5) is 0 Å².